The van der Waals surface area contributed by atoms with Crippen molar-refractivity contribution >= 4 is 28.8 Å². The second kappa shape index (κ2) is 7.42. The molecule has 27 heavy (non-hydrogen) atoms. The number of non-ortho nitro benzene ring substituents is 1. The number of carbonyl (C=O) groups is 1. The van der Waals surface area contributed by atoms with Crippen LogP contribution in [-0.4, -0.2) is 50.6 Å². The highest BCUT2D eigenvalue weighted by Crippen LogP contribution is 2.23. The van der Waals surface area contributed by atoms with E-state index < -0.39 is 10.5 Å². The van der Waals surface area contributed by atoms with Crippen molar-refractivity contribution in [2.24, 2.45) is 0 Å². The van der Waals surface area contributed by atoms with Gasteiger partial charge in [0.2, 0.25) is 5.95 Å². The first-order valence-electron chi connectivity index (χ1n) is 9.10. The molecule has 2 aromatic rings. The zero-order chi connectivity index (χ0) is 19.6. The van der Waals surface area contributed by atoms with Gasteiger partial charge in [0.25, 0.3) is 5.69 Å². The molecule has 2 N–H and O–H groups in total. The Morgan fingerprint density at radius 2 is 2.22 bits per heavy atom. The number of likely N-dealkylation sites (tertiary alicyclic amines) is 1. The van der Waals surface area contributed by atoms with Crippen LogP contribution in [0.15, 0.2) is 18.2 Å². The van der Waals surface area contributed by atoms with Gasteiger partial charge in [-0.25, -0.2) is 9.78 Å². The Balaban J connectivity index is 1.67. The summed E-state index contributed by atoms with van der Waals surface area (Å²) >= 11 is 0. The zero-order valence-electron chi connectivity index (χ0n) is 15.8. The van der Waals surface area contributed by atoms with Crippen LogP contribution >= 0.6 is 0 Å². The molecule has 1 atom stereocenters. The summed E-state index contributed by atoms with van der Waals surface area (Å²) in [6, 6.07) is 4.51. The van der Waals surface area contributed by atoms with Crippen molar-refractivity contribution in [2.45, 2.75) is 51.7 Å². The van der Waals surface area contributed by atoms with Crippen molar-refractivity contribution in [3.63, 3.8) is 0 Å². The number of carbonyl (C=O) groups excluding carboxylic acids is 1. The fourth-order valence-corrected chi connectivity index (χ4v) is 3.18. The van der Waals surface area contributed by atoms with Gasteiger partial charge >= 0.3 is 6.09 Å². The number of nitrogens with one attached hydrogen (secondary N) is 2. The average Bonchev–Trinajstić information content (AvgIpc) is 3.00. The van der Waals surface area contributed by atoms with Crippen molar-refractivity contribution in [3.8, 4) is 0 Å². The van der Waals surface area contributed by atoms with Gasteiger partial charge in [0.1, 0.15) is 5.60 Å². The average molecular weight is 375 g/mol. The Hall–Kier alpha value is -2.84. The molecule has 1 aromatic heterocycles. The van der Waals surface area contributed by atoms with Crippen LogP contribution < -0.4 is 5.32 Å². The number of H-pyrrole nitrogens is 1. The van der Waals surface area contributed by atoms with Crippen LogP contribution in [-0.2, 0) is 4.74 Å². The van der Waals surface area contributed by atoms with E-state index in [0.717, 1.165) is 19.3 Å². The van der Waals surface area contributed by atoms with E-state index in [1.54, 1.807) is 11.0 Å². The number of hydrogen-bond donors (Lipinski definition) is 2. The molecule has 9 nitrogen and oxygen atoms in total. The quantitative estimate of drug-likeness (QED) is 0.622. The third kappa shape index (κ3) is 4.66. The summed E-state index contributed by atoms with van der Waals surface area (Å²) in [5.74, 6) is 0.528. The first kappa shape index (κ1) is 18.9. The maximum Gasteiger partial charge on any atom is 0.410 e. The van der Waals surface area contributed by atoms with E-state index in [4.69, 9.17) is 4.74 Å². The molecule has 1 saturated heterocycles. The second-order valence-corrected chi connectivity index (χ2v) is 7.75. The largest absolute Gasteiger partial charge is 0.444 e. The lowest BCUT2D eigenvalue weighted by atomic mass is 10.0. The van der Waals surface area contributed by atoms with Crippen molar-refractivity contribution in [1.29, 1.82) is 0 Å². The number of amides is 1. The summed E-state index contributed by atoms with van der Waals surface area (Å²) in [6.07, 6.45) is 2.61. The van der Waals surface area contributed by atoms with Crippen LogP contribution in [0.1, 0.15) is 40.0 Å². The van der Waals surface area contributed by atoms with Crippen LogP contribution in [0.2, 0.25) is 0 Å². The van der Waals surface area contributed by atoms with E-state index in [-0.39, 0.29) is 17.8 Å². The lowest BCUT2D eigenvalue weighted by Gasteiger charge is -2.36. The first-order chi connectivity index (χ1) is 12.7. The second-order valence-electron chi connectivity index (χ2n) is 7.75. The molecule has 0 aliphatic carbocycles. The Labute approximate surface area is 157 Å². The van der Waals surface area contributed by atoms with Crippen molar-refractivity contribution in [2.75, 3.05) is 18.4 Å². The molecule has 9 heteroatoms. The number of nitro groups is 1. The highest BCUT2D eigenvalue weighted by Gasteiger charge is 2.30. The van der Waals surface area contributed by atoms with Gasteiger partial charge in [-0.05, 0) is 46.1 Å². The van der Waals surface area contributed by atoms with Gasteiger partial charge in [0, 0.05) is 25.2 Å². The van der Waals surface area contributed by atoms with Gasteiger partial charge < -0.3 is 19.9 Å². The van der Waals surface area contributed by atoms with Gasteiger partial charge in [-0.3, -0.25) is 10.1 Å². The number of piperidine rings is 1. The lowest BCUT2D eigenvalue weighted by Crippen LogP contribution is -2.48. The molecular formula is C18H25N5O4. The Bertz CT molecular complexity index is 842. The summed E-state index contributed by atoms with van der Waals surface area (Å²) in [7, 11) is 0. The number of nitrogens with zero attached hydrogens (tertiary/aromatic N) is 3. The number of anilines is 1. The van der Waals surface area contributed by atoms with Gasteiger partial charge in [-0.2, -0.15) is 0 Å². The molecule has 146 valence electrons. The van der Waals surface area contributed by atoms with Gasteiger partial charge in [-0.1, -0.05) is 0 Å². The molecule has 1 fully saturated rings. The summed E-state index contributed by atoms with van der Waals surface area (Å²) in [5.41, 5.74) is 0.733. The predicted octanol–water partition coefficient (Wildman–Crippen LogP) is 3.67. The number of hydrogen-bond acceptors (Lipinski definition) is 6. The van der Waals surface area contributed by atoms with E-state index in [1.165, 1.54) is 12.1 Å². The lowest BCUT2D eigenvalue weighted by molar-refractivity contribution is -0.384. The van der Waals surface area contributed by atoms with E-state index in [0.29, 0.717) is 30.1 Å². The molecule has 1 aliphatic heterocycles. The molecule has 0 bridgehead atoms. The third-order valence-electron chi connectivity index (χ3n) is 4.44. The number of imidazole rings is 1. The minimum absolute atomic E-state index is 0.0103. The molecule has 0 saturated carbocycles. The molecule has 3 rings (SSSR count). The van der Waals surface area contributed by atoms with E-state index in [1.807, 2.05) is 20.8 Å². The number of benzene rings is 1. The molecular weight excluding hydrogens is 350 g/mol. The predicted molar refractivity (Wildman–Crippen MR) is 102 cm³/mol. The Kier molecular flexibility index (Phi) is 5.20. The van der Waals surface area contributed by atoms with Crippen LogP contribution in [0.4, 0.5) is 16.4 Å². The van der Waals surface area contributed by atoms with Crippen LogP contribution in [0.25, 0.3) is 11.0 Å². The first-order valence-corrected chi connectivity index (χ1v) is 9.10. The summed E-state index contributed by atoms with van der Waals surface area (Å²) in [6.45, 7) is 6.77. The molecule has 1 aromatic carbocycles. The minimum Gasteiger partial charge on any atom is -0.444 e. The molecule has 0 radical (unpaired) electrons. The van der Waals surface area contributed by atoms with E-state index in [9.17, 15) is 14.9 Å². The maximum absolute atomic E-state index is 12.5. The standard InChI is InChI=1S/C18H25N5O4/c1-18(2,3)27-17(24)22-9-5-4-6-13(22)11-19-16-20-14-8-7-12(23(25)26)10-15(14)21-16/h7-8,10,13H,4-6,9,11H2,1-3H3,(H2,19,20,21). The summed E-state index contributed by atoms with van der Waals surface area (Å²) in [4.78, 5) is 32.1. The number of nitro benzene ring substituents is 1. The van der Waals surface area contributed by atoms with Crippen LogP contribution in [0, 0.1) is 10.1 Å². The monoisotopic (exact) mass is 375 g/mol. The molecule has 1 amide bonds. The normalized spacial score (nSPS) is 17.7. The molecule has 2 heterocycles. The van der Waals surface area contributed by atoms with E-state index in [2.05, 4.69) is 15.3 Å². The zero-order valence-corrected chi connectivity index (χ0v) is 15.8. The number of aromatic nitrogens is 2. The van der Waals surface area contributed by atoms with Crippen molar-refractivity contribution in [3.05, 3.63) is 28.3 Å². The molecule has 0 spiro atoms. The maximum atomic E-state index is 12.5. The fourth-order valence-electron chi connectivity index (χ4n) is 3.18. The van der Waals surface area contributed by atoms with Crippen LogP contribution in [0.5, 0.6) is 0 Å². The third-order valence-corrected chi connectivity index (χ3v) is 4.44. The minimum atomic E-state index is -0.528. The topological polar surface area (TPSA) is 113 Å². The SMILES string of the molecule is CC(C)(C)OC(=O)N1CCCCC1CNc1nc2ccc([N+](=O)[O-])cc2[nH]1. The van der Waals surface area contributed by atoms with Crippen molar-refractivity contribution < 1.29 is 14.5 Å². The smallest absolute Gasteiger partial charge is 0.410 e. The number of fused-ring (bicyclic) bond motifs is 1. The highest BCUT2D eigenvalue weighted by molar-refractivity contribution is 5.79. The van der Waals surface area contributed by atoms with Crippen LogP contribution in [0.3, 0.4) is 0 Å². The highest BCUT2D eigenvalue weighted by atomic mass is 16.6. The van der Waals surface area contributed by atoms with Crippen molar-refractivity contribution in [1.82, 2.24) is 14.9 Å². The Morgan fingerprint density at radius 1 is 1.44 bits per heavy atom. The Morgan fingerprint density at radius 3 is 2.93 bits per heavy atom. The van der Waals surface area contributed by atoms with Gasteiger partial charge in [0.15, 0.2) is 0 Å². The number of aromatic amines is 1. The molecule has 1 unspecified atom stereocenters. The number of ether oxygens (including phenoxy) is 1. The number of rotatable bonds is 4. The van der Waals surface area contributed by atoms with E-state index >= 15 is 0 Å². The molecule has 1 aliphatic rings. The fraction of sp³-hybridized carbons (Fsp3) is 0.556. The summed E-state index contributed by atoms with van der Waals surface area (Å²) in [5, 5.41) is 14.1. The van der Waals surface area contributed by atoms with Gasteiger partial charge in [-0.15, -0.1) is 0 Å². The summed E-state index contributed by atoms with van der Waals surface area (Å²) < 4.78 is 5.52. The van der Waals surface area contributed by atoms with Gasteiger partial charge in [0.05, 0.1) is 22.0 Å².